The van der Waals surface area contributed by atoms with E-state index in [0.29, 0.717) is 0 Å². The second-order valence-corrected chi connectivity index (χ2v) is 7.84. The SMILES string of the molecule is COc1ccc2c(c1)c(Cc1ccc(Cl)cc1)c(C)n2Cc1ccc(Cl)cc1. The summed E-state index contributed by atoms with van der Waals surface area (Å²) in [4.78, 5) is 0. The van der Waals surface area contributed by atoms with Crippen molar-refractivity contribution < 1.29 is 4.74 Å². The Morgan fingerprint density at radius 2 is 1.43 bits per heavy atom. The van der Waals surface area contributed by atoms with E-state index in [4.69, 9.17) is 27.9 Å². The number of hydrogen-bond donors (Lipinski definition) is 0. The van der Waals surface area contributed by atoms with Gasteiger partial charge in [0.2, 0.25) is 0 Å². The van der Waals surface area contributed by atoms with Gasteiger partial charge in [-0.1, -0.05) is 47.5 Å². The Hall–Kier alpha value is -2.42. The third-order valence-corrected chi connectivity index (χ3v) is 5.71. The van der Waals surface area contributed by atoms with Crippen LogP contribution in [0, 0.1) is 6.92 Å². The molecule has 142 valence electrons. The van der Waals surface area contributed by atoms with Gasteiger partial charge in [-0.3, -0.25) is 0 Å². The van der Waals surface area contributed by atoms with E-state index in [9.17, 15) is 0 Å². The molecule has 1 heterocycles. The molecular formula is C24H21Cl2NO. The number of benzene rings is 3. The monoisotopic (exact) mass is 409 g/mol. The first-order chi connectivity index (χ1) is 13.5. The number of aromatic nitrogens is 1. The van der Waals surface area contributed by atoms with Gasteiger partial charge in [-0.25, -0.2) is 0 Å². The second kappa shape index (κ2) is 7.90. The molecule has 0 aliphatic carbocycles. The number of fused-ring (bicyclic) bond motifs is 1. The molecular weight excluding hydrogens is 389 g/mol. The normalized spacial score (nSPS) is 11.1. The van der Waals surface area contributed by atoms with Crippen molar-refractivity contribution in [2.45, 2.75) is 19.9 Å². The Kier molecular flexibility index (Phi) is 5.34. The summed E-state index contributed by atoms with van der Waals surface area (Å²) in [5.41, 5.74) is 6.23. The summed E-state index contributed by atoms with van der Waals surface area (Å²) in [7, 11) is 1.71. The highest BCUT2D eigenvalue weighted by molar-refractivity contribution is 6.30. The fourth-order valence-corrected chi connectivity index (χ4v) is 3.92. The zero-order valence-electron chi connectivity index (χ0n) is 15.9. The minimum atomic E-state index is 0.756. The summed E-state index contributed by atoms with van der Waals surface area (Å²) >= 11 is 12.1. The van der Waals surface area contributed by atoms with Crippen LogP contribution in [-0.4, -0.2) is 11.7 Å². The lowest BCUT2D eigenvalue weighted by atomic mass is 10.0. The lowest BCUT2D eigenvalue weighted by Gasteiger charge is -2.10. The predicted octanol–water partition coefficient (Wildman–Crippen LogP) is 6.90. The van der Waals surface area contributed by atoms with Crippen molar-refractivity contribution in [2.75, 3.05) is 7.11 Å². The van der Waals surface area contributed by atoms with Crippen LogP contribution in [0.4, 0.5) is 0 Å². The molecule has 0 bridgehead atoms. The minimum absolute atomic E-state index is 0.756. The molecule has 0 spiro atoms. The Morgan fingerprint density at radius 3 is 2.04 bits per heavy atom. The van der Waals surface area contributed by atoms with Crippen LogP contribution in [-0.2, 0) is 13.0 Å². The van der Waals surface area contributed by atoms with Crippen LogP contribution in [0.25, 0.3) is 10.9 Å². The van der Waals surface area contributed by atoms with E-state index in [1.165, 1.54) is 33.3 Å². The maximum absolute atomic E-state index is 6.06. The van der Waals surface area contributed by atoms with Crippen LogP contribution in [0.2, 0.25) is 10.0 Å². The lowest BCUT2D eigenvalue weighted by Crippen LogP contribution is -2.02. The van der Waals surface area contributed by atoms with Crippen molar-refractivity contribution in [1.29, 1.82) is 0 Å². The third-order valence-electron chi connectivity index (χ3n) is 5.21. The topological polar surface area (TPSA) is 14.2 Å². The van der Waals surface area contributed by atoms with Crippen LogP contribution in [0.5, 0.6) is 5.75 Å². The number of hydrogen-bond acceptors (Lipinski definition) is 1. The van der Waals surface area contributed by atoms with Crippen molar-refractivity contribution in [2.24, 2.45) is 0 Å². The number of nitrogens with zero attached hydrogens (tertiary/aromatic N) is 1. The van der Waals surface area contributed by atoms with Crippen LogP contribution in [0.15, 0.2) is 66.7 Å². The number of methoxy groups -OCH3 is 1. The highest BCUT2D eigenvalue weighted by atomic mass is 35.5. The first kappa shape index (κ1) is 18.9. The van der Waals surface area contributed by atoms with Crippen LogP contribution < -0.4 is 4.74 Å². The summed E-state index contributed by atoms with van der Waals surface area (Å²) in [6, 6.07) is 22.4. The molecule has 28 heavy (non-hydrogen) atoms. The van der Waals surface area contributed by atoms with Gasteiger partial charge in [0.05, 0.1) is 7.11 Å². The zero-order valence-corrected chi connectivity index (χ0v) is 17.4. The largest absolute Gasteiger partial charge is 0.497 e. The highest BCUT2D eigenvalue weighted by Gasteiger charge is 2.16. The molecule has 4 heteroatoms. The van der Waals surface area contributed by atoms with Crippen molar-refractivity contribution >= 4 is 34.1 Å². The van der Waals surface area contributed by atoms with Crippen LogP contribution in [0.3, 0.4) is 0 Å². The fourth-order valence-electron chi connectivity index (χ4n) is 3.66. The van der Waals surface area contributed by atoms with E-state index < -0.39 is 0 Å². The zero-order chi connectivity index (χ0) is 19.7. The third kappa shape index (κ3) is 3.76. The van der Waals surface area contributed by atoms with Gasteiger partial charge in [-0.05, 0) is 72.5 Å². The molecule has 3 aromatic carbocycles. The number of ether oxygens (including phenoxy) is 1. The maximum atomic E-state index is 6.06. The first-order valence-corrected chi connectivity index (χ1v) is 9.95. The van der Waals surface area contributed by atoms with E-state index in [1.807, 2.05) is 30.3 Å². The number of halogens is 2. The van der Waals surface area contributed by atoms with Crippen molar-refractivity contribution in [3.8, 4) is 5.75 Å². The smallest absolute Gasteiger partial charge is 0.119 e. The molecule has 0 radical (unpaired) electrons. The minimum Gasteiger partial charge on any atom is -0.497 e. The summed E-state index contributed by atoms with van der Waals surface area (Å²) in [6.45, 7) is 2.99. The summed E-state index contributed by atoms with van der Waals surface area (Å²) in [5, 5.41) is 2.74. The van der Waals surface area contributed by atoms with Crippen molar-refractivity contribution in [3.05, 3.63) is 99.2 Å². The molecule has 0 fully saturated rings. The van der Waals surface area contributed by atoms with E-state index in [-0.39, 0.29) is 0 Å². The first-order valence-electron chi connectivity index (χ1n) is 9.20. The molecule has 4 rings (SSSR count). The van der Waals surface area contributed by atoms with Crippen LogP contribution >= 0.6 is 23.2 Å². The number of rotatable bonds is 5. The van der Waals surface area contributed by atoms with Crippen molar-refractivity contribution in [1.82, 2.24) is 4.57 Å². The van der Waals surface area contributed by atoms with Gasteiger partial charge in [0.15, 0.2) is 0 Å². The molecule has 0 saturated heterocycles. The van der Waals surface area contributed by atoms with Gasteiger partial charge in [0.1, 0.15) is 5.75 Å². The molecule has 0 atom stereocenters. The second-order valence-electron chi connectivity index (χ2n) is 6.96. The van der Waals surface area contributed by atoms with E-state index in [2.05, 4.69) is 47.9 Å². The molecule has 4 aromatic rings. The molecule has 0 aliphatic heterocycles. The average molecular weight is 410 g/mol. The molecule has 0 N–H and O–H groups in total. The molecule has 0 saturated carbocycles. The highest BCUT2D eigenvalue weighted by Crippen LogP contribution is 2.32. The van der Waals surface area contributed by atoms with E-state index >= 15 is 0 Å². The lowest BCUT2D eigenvalue weighted by molar-refractivity contribution is 0.415. The predicted molar refractivity (Wildman–Crippen MR) is 118 cm³/mol. The Balaban J connectivity index is 1.81. The standard InChI is InChI=1S/C24H21Cl2NO/c1-16-22(13-17-3-7-19(25)8-4-17)23-14-21(28-2)11-12-24(23)27(16)15-18-5-9-20(26)10-6-18/h3-12,14H,13,15H2,1-2H3. The maximum Gasteiger partial charge on any atom is 0.119 e. The summed E-state index contributed by atoms with van der Waals surface area (Å²) in [6.07, 6.45) is 0.848. The Bertz CT molecular complexity index is 1110. The van der Waals surface area contributed by atoms with Gasteiger partial charge in [0, 0.05) is 33.2 Å². The van der Waals surface area contributed by atoms with Gasteiger partial charge < -0.3 is 9.30 Å². The quantitative estimate of drug-likeness (QED) is 0.349. The summed E-state index contributed by atoms with van der Waals surface area (Å²) < 4.78 is 7.85. The average Bonchev–Trinajstić information content (AvgIpc) is 2.96. The van der Waals surface area contributed by atoms with Gasteiger partial charge >= 0.3 is 0 Å². The Labute approximate surface area is 175 Å². The van der Waals surface area contributed by atoms with Gasteiger partial charge in [-0.15, -0.1) is 0 Å². The van der Waals surface area contributed by atoms with Gasteiger partial charge in [0.25, 0.3) is 0 Å². The molecule has 0 amide bonds. The summed E-state index contributed by atoms with van der Waals surface area (Å²) in [5.74, 6) is 0.869. The van der Waals surface area contributed by atoms with Gasteiger partial charge in [-0.2, -0.15) is 0 Å². The fraction of sp³-hybridized carbons (Fsp3) is 0.167. The van der Waals surface area contributed by atoms with E-state index in [1.54, 1.807) is 7.11 Å². The molecule has 0 unspecified atom stereocenters. The molecule has 2 nitrogen and oxygen atoms in total. The molecule has 0 aliphatic rings. The molecule has 1 aromatic heterocycles. The van der Waals surface area contributed by atoms with E-state index in [0.717, 1.165) is 28.8 Å². The van der Waals surface area contributed by atoms with Crippen LogP contribution in [0.1, 0.15) is 22.4 Å². The van der Waals surface area contributed by atoms with Crippen molar-refractivity contribution in [3.63, 3.8) is 0 Å². The Morgan fingerprint density at radius 1 is 0.821 bits per heavy atom.